The van der Waals surface area contributed by atoms with Crippen molar-refractivity contribution in [1.29, 1.82) is 0 Å². The lowest BCUT2D eigenvalue weighted by molar-refractivity contribution is -0.137. The van der Waals surface area contributed by atoms with Crippen LogP contribution >= 0.6 is 0 Å². The van der Waals surface area contributed by atoms with Crippen LogP contribution in [0, 0.1) is 26.7 Å². The zero-order valence-electron chi connectivity index (χ0n) is 12.8. The van der Waals surface area contributed by atoms with E-state index in [1.165, 1.54) is 5.56 Å². The minimum Gasteiger partial charge on any atom is -0.335 e. The minimum atomic E-state index is 0.0526. The SMILES string of the molecule is Cc1cc(C)c(C(=O)CN2CCCC(C)C2=O)c(C)c1. The van der Waals surface area contributed by atoms with Gasteiger partial charge in [-0.1, -0.05) is 24.6 Å². The average Bonchev–Trinajstić information content (AvgIpc) is 2.33. The molecule has 1 unspecified atom stereocenters. The summed E-state index contributed by atoms with van der Waals surface area (Å²) >= 11 is 0. The van der Waals surface area contributed by atoms with Gasteiger partial charge in [0.2, 0.25) is 5.91 Å². The van der Waals surface area contributed by atoms with Crippen LogP contribution in [0.3, 0.4) is 0 Å². The summed E-state index contributed by atoms with van der Waals surface area (Å²) in [5, 5.41) is 0. The van der Waals surface area contributed by atoms with E-state index in [1.54, 1.807) is 4.90 Å². The van der Waals surface area contributed by atoms with Crippen LogP contribution in [0.25, 0.3) is 0 Å². The van der Waals surface area contributed by atoms with Gasteiger partial charge in [-0.3, -0.25) is 9.59 Å². The lowest BCUT2D eigenvalue weighted by Gasteiger charge is -2.30. The fraction of sp³-hybridized carbons (Fsp3) is 0.529. The molecule has 0 N–H and O–H groups in total. The highest BCUT2D eigenvalue weighted by atomic mass is 16.2. The lowest BCUT2D eigenvalue weighted by Crippen LogP contribution is -2.43. The van der Waals surface area contributed by atoms with Gasteiger partial charge in [0.15, 0.2) is 5.78 Å². The van der Waals surface area contributed by atoms with Gasteiger partial charge in [-0.25, -0.2) is 0 Å². The number of benzene rings is 1. The third-order valence-electron chi connectivity index (χ3n) is 4.09. The molecule has 1 aromatic carbocycles. The molecule has 1 atom stereocenters. The number of hydrogen-bond acceptors (Lipinski definition) is 2. The Morgan fingerprint density at radius 2 is 1.85 bits per heavy atom. The average molecular weight is 273 g/mol. The largest absolute Gasteiger partial charge is 0.335 e. The van der Waals surface area contributed by atoms with Gasteiger partial charge < -0.3 is 4.90 Å². The first-order valence-corrected chi connectivity index (χ1v) is 7.30. The second kappa shape index (κ2) is 5.78. The maximum atomic E-state index is 12.5. The van der Waals surface area contributed by atoms with Crippen LogP contribution in [0.5, 0.6) is 0 Å². The molecule has 2 rings (SSSR count). The Hall–Kier alpha value is -1.64. The van der Waals surface area contributed by atoms with Gasteiger partial charge in [0.05, 0.1) is 6.54 Å². The van der Waals surface area contributed by atoms with Crippen molar-refractivity contribution in [3.8, 4) is 0 Å². The lowest BCUT2D eigenvalue weighted by atomic mass is 9.95. The number of likely N-dealkylation sites (tertiary alicyclic amines) is 1. The molecule has 0 radical (unpaired) electrons. The molecular formula is C17H23NO2. The molecule has 3 nitrogen and oxygen atoms in total. The minimum absolute atomic E-state index is 0.0526. The number of aryl methyl sites for hydroxylation is 3. The molecule has 3 heteroatoms. The van der Waals surface area contributed by atoms with E-state index < -0.39 is 0 Å². The predicted molar refractivity (Wildman–Crippen MR) is 80.0 cm³/mol. The normalized spacial score (nSPS) is 19.3. The fourth-order valence-electron chi connectivity index (χ4n) is 3.16. The molecule has 0 aliphatic carbocycles. The van der Waals surface area contributed by atoms with Crippen molar-refractivity contribution in [2.24, 2.45) is 5.92 Å². The number of Topliss-reactive ketones (excluding diaryl/α,β-unsaturated/α-hetero) is 1. The van der Waals surface area contributed by atoms with Gasteiger partial charge in [-0.15, -0.1) is 0 Å². The van der Waals surface area contributed by atoms with E-state index >= 15 is 0 Å². The number of piperidine rings is 1. The summed E-state index contributed by atoms with van der Waals surface area (Å²) < 4.78 is 0. The van der Waals surface area contributed by atoms with Crippen molar-refractivity contribution in [2.45, 2.75) is 40.5 Å². The van der Waals surface area contributed by atoms with E-state index in [0.29, 0.717) is 6.54 Å². The Labute approximate surface area is 121 Å². The van der Waals surface area contributed by atoms with Crippen LogP contribution < -0.4 is 0 Å². The van der Waals surface area contributed by atoms with Crippen LogP contribution in [0.2, 0.25) is 0 Å². The highest BCUT2D eigenvalue weighted by Gasteiger charge is 2.27. The summed E-state index contributed by atoms with van der Waals surface area (Å²) in [5.74, 6) is 0.228. The van der Waals surface area contributed by atoms with Gasteiger partial charge in [0.1, 0.15) is 0 Å². The third-order valence-corrected chi connectivity index (χ3v) is 4.09. The first-order chi connectivity index (χ1) is 9.40. The molecule has 1 aromatic rings. The van der Waals surface area contributed by atoms with Crippen LogP contribution in [-0.2, 0) is 4.79 Å². The van der Waals surface area contributed by atoms with Crippen LogP contribution in [-0.4, -0.2) is 29.7 Å². The molecule has 1 saturated heterocycles. The molecule has 0 spiro atoms. The standard InChI is InChI=1S/C17H23NO2/c1-11-8-13(3)16(14(4)9-11)15(19)10-18-7-5-6-12(2)17(18)20/h8-9,12H,5-7,10H2,1-4H3. The highest BCUT2D eigenvalue weighted by Crippen LogP contribution is 2.20. The second-order valence-electron chi connectivity index (χ2n) is 6.00. The van der Waals surface area contributed by atoms with Crippen molar-refractivity contribution in [2.75, 3.05) is 13.1 Å². The Morgan fingerprint density at radius 1 is 1.25 bits per heavy atom. The van der Waals surface area contributed by atoms with Crippen molar-refractivity contribution in [3.63, 3.8) is 0 Å². The summed E-state index contributed by atoms with van der Waals surface area (Å²) in [5.41, 5.74) is 3.95. The first-order valence-electron chi connectivity index (χ1n) is 7.30. The molecule has 0 saturated carbocycles. The number of carbonyl (C=O) groups excluding carboxylic acids is 2. The number of nitrogens with zero attached hydrogens (tertiary/aromatic N) is 1. The molecule has 1 amide bonds. The summed E-state index contributed by atoms with van der Waals surface area (Å²) in [4.78, 5) is 26.3. The maximum absolute atomic E-state index is 12.5. The Balaban J connectivity index is 2.18. The molecule has 0 aromatic heterocycles. The molecule has 0 bridgehead atoms. The summed E-state index contributed by atoms with van der Waals surface area (Å²) in [7, 11) is 0. The predicted octanol–water partition coefficient (Wildman–Crippen LogP) is 3.05. The van der Waals surface area contributed by atoms with Gasteiger partial charge in [0, 0.05) is 18.0 Å². The zero-order chi connectivity index (χ0) is 14.9. The van der Waals surface area contributed by atoms with Crippen LogP contribution in [0.4, 0.5) is 0 Å². The molecule has 1 aliphatic heterocycles. The zero-order valence-corrected chi connectivity index (χ0v) is 12.8. The molecule has 1 fully saturated rings. The third kappa shape index (κ3) is 2.92. The molecule has 108 valence electrons. The Morgan fingerprint density at radius 3 is 2.45 bits per heavy atom. The number of carbonyl (C=O) groups is 2. The maximum Gasteiger partial charge on any atom is 0.225 e. The first kappa shape index (κ1) is 14.8. The van der Waals surface area contributed by atoms with Gasteiger partial charge >= 0.3 is 0 Å². The molecular weight excluding hydrogens is 250 g/mol. The van der Waals surface area contributed by atoms with Crippen molar-refractivity contribution < 1.29 is 9.59 Å². The Bertz CT molecular complexity index is 525. The Kier molecular flexibility index (Phi) is 4.26. The van der Waals surface area contributed by atoms with E-state index in [-0.39, 0.29) is 24.2 Å². The number of amides is 1. The van der Waals surface area contributed by atoms with E-state index in [1.807, 2.05) is 39.8 Å². The number of rotatable bonds is 3. The van der Waals surface area contributed by atoms with Crippen molar-refractivity contribution in [1.82, 2.24) is 4.90 Å². The summed E-state index contributed by atoms with van der Waals surface area (Å²) in [6.45, 7) is 8.83. The second-order valence-corrected chi connectivity index (χ2v) is 6.00. The van der Waals surface area contributed by atoms with E-state index in [2.05, 4.69) is 0 Å². The van der Waals surface area contributed by atoms with Crippen molar-refractivity contribution in [3.05, 3.63) is 34.4 Å². The van der Waals surface area contributed by atoms with Gasteiger partial charge in [-0.05, 0) is 44.7 Å². The topological polar surface area (TPSA) is 37.4 Å². The summed E-state index contributed by atoms with van der Waals surface area (Å²) in [6, 6.07) is 4.06. The molecule has 1 heterocycles. The smallest absolute Gasteiger partial charge is 0.225 e. The monoisotopic (exact) mass is 273 g/mol. The fourth-order valence-corrected chi connectivity index (χ4v) is 3.16. The molecule has 20 heavy (non-hydrogen) atoms. The van der Waals surface area contributed by atoms with Crippen molar-refractivity contribution >= 4 is 11.7 Å². The van der Waals surface area contributed by atoms with E-state index in [0.717, 1.165) is 29.5 Å². The van der Waals surface area contributed by atoms with E-state index in [4.69, 9.17) is 0 Å². The van der Waals surface area contributed by atoms with Crippen LogP contribution in [0.1, 0.15) is 46.8 Å². The van der Waals surface area contributed by atoms with Crippen LogP contribution in [0.15, 0.2) is 12.1 Å². The summed E-state index contributed by atoms with van der Waals surface area (Å²) in [6.07, 6.45) is 1.93. The van der Waals surface area contributed by atoms with E-state index in [9.17, 15) is 9.59 Å². The number of hydrogen-bond donors (Lipinski definition) is 0. The van der Waals surface area contributed by atoms with Gasteiger partial charge in [-0.2, -0.15) is 0 Å². The van der Waals surface area contributed by atoms with Gasteiger partial charge in [0.25, 0.3) is 0 Å². The number of ketones is 1. The molecule has 1 aliphatic rings. The highest BCUT2D eigenvalue weighted by molar-refractivity contribution is 6.02. The quantitative estimate of drug-likeness (QED) is 0.794.